The largest absolute Gasteiger partial charge is 0.480 e. The zero-order chi connectivity index (χ0) is 11.4. The Morgan fingerprint density at radius 1 is 1.67 bits per heavy atom. The lowest BCUT2D eigenvalue weighted by Crippen LogP contribution is -2.42. The number of aliphatic carboxylic acids is 1. The van der Waals surface area contributed by atoms with Crippen LogP contribution in [0.2, 0.25) is 0 Å². The molecule has 0 aromatic carbocycles. The Balaban J connectivity index is 2.55. The van der Waals surface area contributed by atoms with Crippen molar-refractivity contribution in [3.05, 3.63) is 0 Å². The molecule has 0 radical (unpaired) electrons. The van der Waals surface area contributed by atoms with Gasteiger partial charge in [0.25, 0.3) is 0 Å². The van der Waals surface area contributed by atoms with E-state index in [0.29, 0.717) is 24.6 Å². The molecule has 6 heteroatoms. The van der Waals surface area contributed by atoms with Crippen molar-refractivity contribution in [1.29, 1.82) is 0 Å². The predicted octanol–water partition coefficient (Wildman–Crippen LogP) is -0.0426. The third-order valence-electron chi connectivity index (χ3n) is 2.41. The number of carbonyl (C=O) groups excluding carboxylic acids is 1. The molecule has 1 unspecified atom stereocenters. The van der Waals surface area contributed by atoms with E-state index in [9.17, 15) is 9.59 Å². The maximum absolute atomic E-state index is 11.7. The summed E-state index contributed by atoms with van der Waals surface area (Å²) in [5, 5.41) is 8.89. The first kappa shape index (κ1) is 12.3. The summed E-state index contributed by atoms with van der Waals surface area (Å²) in [5.41, 5.74) is 5.42. The molecule has 1 heterocycles. The van der Waals surface area contributed by atoms with Crippen LogP contribution in [0.1, 0.15) is 13.3 Å². The second kappa shape index (κ2) is 5.37. The second-order valence-electron chi connectivity index (χ2n) is 3.76. The van der Waals surface area contributed by atoms with Crippen molar-refractivity contribution in [3.8, 4) is 0 Å². The molecule has 3 N–H and O–H groups in total. The van der Waals surface area contributed by atoms with Gasteiger partial charge in [-0.1, -0.05) is 6.92 Å². The molecule has 1 aliphatic heterocycles. The van der Waals surface area contributed by atoms with Crippen molar-refractivity contribution in [2.24, 2.45) is 11.7 Å². The fourth-order valence-electron chi connectivity index (χ4n) is 1.39. The number of nitrogens with zero attached hydrogens (tertiary/aromatic N) is 1. The number of carbonyl (C=O) groups is 2. The molecule has 15 heavy (non-hydrogen) atoms. The summed E-state index contributed by atoms with van der Waals surface area (Å²) >= 11 is 1.47. The summed E-state index contributed by atoms with van der Waals surface area (Å²) < 4.78 is 0. The third kappa shape index (κ3) is 3.10. The predicted molar refractivity (Wildman–Crippen MR) is 58.4 cm³/mol. The van der Waals surface area contributed by atoms with E-state index in [1.165, 1.54) is 16.7 Å². The Morgan fingerprint density at radius 2 is 2.33 bits per heavy atom. The number of nitrogens with two attached hydrogens (primary N) is 1. The monoisotopic (exact) mass is 232 g/mol. The topological polar surface area (TPSA) is 83.6 Å². The van der Waals surface area contributed by atoms with Gasteiger partial charge in [0, 0.05) is 12.2 Å². The Labute approximate surface area is 93.0 Å². The molecule has 0 saturated carbocycles. The van der Waals surface area contributed by atoms with E-state index < -0.39 is 12.0 Å². The number of hydrogen-bond donors (Lipinski definition) is 2. The summed E-state index contributed by atoms with van der Waals surface area (Å²) in [6.45, 7) is 2.33. The molecule has 1 aliphatic rings. The highest BCUT2D eigenvalue weighted by Crippen LogP contribution is 2.22. The van der Waals surface area contributed by atoms with Gasteiger partial charge in [-0.05, 0) is 12.5 Å². The lowest BCUT2D eigenvalue weighted by atomic mass is 10.1. The third-order valence-corrected chi connectivity index (χ3v) is 3.43. The summed E-state index contributed by atoms with van der Waals surface area (Å²) in [5.74, 6) is 0.0437. The fraction of sp³-hybridized carbons (Fsp3) is 0.778. The standard InChI is InChI=1S/C9H16N2O3S/c1-6(3-10)2-8(12)11-5-15-4-7(11)9(13)14/h6-7H,2-5,10H2,1H3,(H,13,14)/t6?,7-/m0/s1. The first-order chi connectivity index (χ1) is 7.06. The smallest absolute Gasteiger partial charge is 0.327 e. The molecule has 2 atom stereocenters. The first-order valence-electron chi connectivity index (χ1n) is 4.86. The van der Waals surface area contributed by atoms with Gasteiger partial charge in [-0.15, -0.1) is 11.8 Å². The van der Waals surface area contributed by atoms with Crippen molar-refractivity contribution < 1.29 is 14.7 Å². The highest BCUT2D eigenvalue weighted by atomic mass is 32.2. The van der Waals surface area contributed by atoms with Gasteiger partial charge in [0.1, 0.15) is 6.04 Å². The average Bonchev–Trinajstić information content (AvgIpc) is 2.65. The van der Waals surface area contributed by atoms with Gasteiger partial charge in [0.2, 0.25) is 5.91 Å². The molecule has 0 spiro atoms. The Morgan fingerprint density at radius 3 is 2.87 bits per heavy atom. The molecule has 1 saturated heterocycles. The zero-order valence-corrected chi connectivity index (χ0v) is 9.50. The fourth-order valence-corrected chi connectivity index (χ4v) is 2.56. The van der Waals surface area contributed by atoms with E-state index in [4.69, 9.17) is 10.8 Å². The van der Waals surface area contributed by atoms with E-state index in [1.54, 1.807) is 0 Å². The molecule has 0 bridgehead atoms. The lowest BCUT2D eigenvalue weighted by molar-refractivity contribution is -0.148. The summed E-state index contributed by atoms with van der Waals surface area (Å²) in [7, 11) is 0. The SMILES string of the molecule is CC(CN)CC(=O)N1CSC[C@H]1C(=O)O. The van der Waals surface area contributed by atoms with E-state index in [2.05, 4.69) is 0 Å². The molecule has 86 valence electrons. The molecule has 0 aromatic heterocycles. The molecule has 5 nitrogen and oxygen atoms in total. The summed E-state index contributed by atoms with van der Waals surface area (Å²) in [6.07, 6.45) is 0.334. The number of thioether (sulfide) groups is 1. The van der Waals surface area contributed by atoms with E-state index >= 15 is 0 Å². The summed E-state index contributed by atoms with van der Waals surface area (Å²) in [6, 6.07) is -0.660. The normalized spacial score (nSPS) is 22.8. The molecule has 0 aliphatic carbocycles. The van der Waals surface area contributed by atoms with Gasteiger partial charge in [-0.25, -0.2) is 4.79 Å². The second-order valence-corrected chi connectivity index (χ2v) is 4.76. The zero-order valence-electron chi connectivity index (χ0n) is 8.68. The van der Waals surface area contributed by atoms with Crippen molar-refractivity contribution in [2.45, 2.75) is 19.4 Å². The maximum Gasteiger partial charge on any atom is 0.327 e. The van der Waals surface area contributed by atoms with Crippen LogP contribution < -0.4 is 5.73 Å². The van der Waals surface area contributed by atoms with Crippen molar-refractivity contribution >= 4 is 23.6 Å². The van der Waals surface area contributed by atoms with Crippen molar-refractivity contribution in [3.63, 3.8) is 0 Å². The van der Waals surface area contributed by atoms with E-state index in [-0.39, 0.29) is 11.8 Å². The van der Waals surface area contributed by atoms with Crippen LogP contribution in [0.15, 0.2) is 0 Å². The molecule has 1 amide bonds. The maximum atomic E-state index is 11.7. The molecular weight excluding hydrogens is 216 g/mol. The average molecular weight is 232 g/mol. The van der Waals surface area contributed by atoms with Crippen LogP contribution in [0.4, 0.5) is 0 Å². The van der Waals surface area contributed by atoms with Gasteiger partial charge in [0.15, 0.2) is 0 Å². The quantitative estimate of drug-likeness (QED) is 0.710. The van der Waals surface area contributed by atoms with Crippen molar-refractivity contribution in [1.82, 2.24) is 4.90 Å². The number of hydrogen-bond acceptors (Lipinski definition) is 4. The first-order valence-corrected chi connectivity index (χ1v) is 6.01. The van der Waals surface area contributed by atoms with Crippen LogP contribution >= 0.6 is 11.8 Å². The Bertz CT molecular complexity index is 260. The van der Waals surface area contributed by atoms with Crippen LogP contribution in [0.5, 0.6) is 0 Å². The summed E-state index contributed by atoms with van der Waals surface area (Å²) in [4.78, 5) is 24.0. The van der Waals surface area contributed by atoms with Gasteiger partial charge >= 0.3 is 5.97 Å². The molecule has 0 aromatic rings. The number of amides is 1. The van der Waals surface area contributed by atoms with Gasteiger partial charge in [0.05, 0.1) is 5.88 Å². The number of rotatable bonds is 4. The number of carboxylic acids is 1. The minimum atomic E-state index is -0.922. The Kier molecular flexibility index (Phi) is 4.41. The van der Waals surface area contributed by atoms with E-state index in [0.717, 1.165) is 0 Å². The lowest BCUT2D eigenvalue weighted by Gasteiger charge is -2.21. The van der Waals surface area contributed by atoms with Crippen LogP contribution in [-0.4, -0.2) is 46.1 Å². The van der Waals surface area contributed by atoms with Gasteiger partial charge in [-0.3, -0.25) is 4.79 Å². The minimum absolute atomic E-state index is 0.106. The molecule has 1 rings (SSSR count). The van der Waals surface area contributed by atoms with E-state index in [1.807, 2.05) is 6.92 Å². The Hall–Kier alpha value is -0.750. The molecule has 1 fully saturated rings. The highest BCUT2D eigenvalue weighted by molar-refractivity contribution is 7.99. The van der Waals surface area contributed by atoms with Crippen LogP contribution in [0.3, 0.4) is 0 Å². The van der Waals surface area contributed by atoms with Crippen LogP contribution in [0.25, 0.3) is 0 Å². The number of carboxylic acid groups (broad SMARTS) is 1. The van der Waals surface area contributed by atoms with Crippen LogP contribution in [0, 0.1) is 5.92 Å². The van der Waals surface area contributed by atoms with Crippen molar-refractivity contribution in [2.75, 3.05) is 18.2 Å². The van der Waals surface area contributed by atoms with Gasteiger partial charge < -0.3 is 15.7 Å². The minimum Gasteiger partial charge on any atom is -0.480 e. The van der Waals surface area contributed by atoms with Gasteiger partial charge in [-0.2, -0.15) is 0 Å². The molecular formula is C9H16N2O3S. The highest BCUT2D eigenvalue weighted by Gasteiger charge is 2.34. The van der Waals surface area contributed by atoms with Crippen LogP contribution in [-0.2, 0) is 9.59 Å².